The Labute approximate surface area is 154 Å². The molecule has 0 bridgehead atoms. The van der Waals surface area contributed by atoms with Gasteiger partial charge in [0.15, 0.2) is 0 Å². The molecule has 0 aliphatic carbocycles. The van der Waals surface area contributed by atoms with Gasteiger partial charge in [-0.05, 0) is 57.0 Å². The molecule has 1 fully saturated rings. The number of likely N-dealkylation sites (tertiary alicyclic amines) is 1. The molecule has 1 aromatic carbocycles. The molecule has 1 aromatic rings. The first-order chi connectivity index (χ1) is 10.9. The van der Waals surface area contributed by atoms with E-state index in [1.807, 2.05) is 36.1 Å². The second kappa shape index (κ2) is 9.30. The van der Waals surface area contributed by atoms with Crippen molar-refractivity contribution in [1.29, 1.82) is 0 Å². The minimum atomic E-state index is -0.138. The molecule has 0 radical (unpaired) electrons. The van der Waals surface area contributed by atoms with Gasteiger partial charge in [-0.1, -0.05) is 0 Å². The zero-order valence-electron chi connectivity index (χ0n) is 14.3. The van der Waals surface area contributed by atoms with Gasteiger partial charge in [0.2, 0.25) is 11.8 Å². The van der Waals surface area contributed by atoms with Crippen molar-refractivity contribution in [2.75, 3.05) is 18.4 Å². The molecule has 2 amide bonds. The molecule has 1 saturated heterocycles. The highest BCUT2D eigenvalue weighted by atomic mass is 35.5. The number of nitrogens with zero attached hydrogens (tertiary/aromatic N) is 1. The number of halogens is 1. The van der Waals surface area contributed by atoms with E-state index in [9.17, 15) is 9.59 Å². The molecule has 24 heavy (non-hydrogen) atoms. The molecule has 5 nitrogen and oxygen atoms in total. The van der Waals surface area contributed by atoms with E-state index < -0.39 is 0 Å². The highest BCUT2D eigenvalue weighted by Gasteiger charge is 2.33. The van der Waals surface area contributed by atoms with Gasteiger partial charge in [0.25, 0.3) is 0 Å². The second-order valence-electron chi connectivity index (χ2n) is 6.14. The average Bonchev–Trinajstić information content (AvgIpc) is 2.89. The zero-order chi connectivity index (χ0) is 17.0. The molecule has 0 saturated carbocycles. The number of amides is 2. The lowest BCUT2D eigenvalue weighted by atomic mass is 10.1. The third-order valence-electron chi connectivity index (χ3n) is 4.11. The van der Waals surface area contributed by atoms with E-state index in [1.54, 1.807) is 11.8 Å². The third-order valence-corrected chi connectivity index (χ3v) is 5.21. The summed E-state index contributed by atoms with van der Waals surface area (Å²) in [5.41, 5.74) is 6.50. The molecule has 0 aromatic heterocycles. The number of nitrogens with two attached hydrogens (primary N) is 1. The molecule has 1 aliphatic rings. The van der Waals surface area contributed by atoms with Crippen LogP contribution in [0.4, 0.5) is 5.69 Å². The van der Waals surface area contributed by atoms with Crippen molar-refractivity contribution in [3.8, 4) is 0 Å². The summed E-state index contributed by atoms with van der Waals surface area (Å²) < 4.78 is 0. The molecule has 2 rings (SSSR count). The molecule has 1 heterocycles. The molecule has 3 unspecified atom stereocenters. The van der Waals surface area contributed by atoms with Crippen LogP contribution in [-0.4, -0.2) is 41.1 Å². The lowest BCUT2D eigenvalue weighted by Gasteiger charge is -2.25. The van der Waals surface area contributed by atoms with Crippen molar-refractivity contribution < 1.29 is 9.59 Å². The molecule has 0 spiro atoms. The average molecular weight is 372 g/mol. The van der Waals surface area contributed by atoms with Crippen molar-refractivity contribution in [3.63, 3.8) is 0 Å². The Morgan fingerprint density at radius 3 is 2.50 bits per heavy atom. The molecule has 3 atom stereocenters. The number of nitrogens with one attached hydrogen (secondary N) is 1. The minimum absolute atomic E-state index is 0. The second-order valence-corrected chi connectivity index (χ2v) is 7.56. The van der Waals surface area contributed by atoms with Gasteiger partial charge < -0.3 is 16.0 Å². The highest BCUT2D eigenvalue weighted by Crippen LogP contribution is 2.29. The smallest absolute Gasteiger partial charge is 0.236 e. The number of hydrogen-bond acceptors (Lipinski definition) is 4. The fraction of sp³-hybridized carbons (Fsp3) is 0.529. The normalized spacial score (nSPS) is 21.1. The van der Waals surface area contributed by atoms with Gasteiger partial charge in [-0.2, -0.15) is 0 Å². The number of anilines is 1. The number of carbonyl (C=O) groups excluding carboxylic acids is 2. The van der Waals surface area contributed by atoms with Crippen molar-refractivity contribution in [1.82, 2.24) is 4.90 Å². The van der Waals surface area contributed by atoms with Crippen molar-refractivity contribution in [2.24, 2.45) is 11.7 Å². The number of hydrogen-bond donors (Lipinski definition) is 2. The predicted molar refractivity (Wildman–Crippen MR) is 102 cm³/mol. The monoisotopic (exact) mass is 371 g/mol. The lowest BCUT2D eigenvalue weighted by Crippen LogP contribution is -2.39. The molecule has 1 aliphatic heterocycles. The van der Waals surface area contributed by atoms with E-state index in [0.29, 0.717) is 12.5 Å². The lowest BCUT2D eigenvalue weighted by molar-refractivity contribution is -0.130. The first kappa shape index (κ1) is 20.8. The van der Waals surface area contributed by atoms with Crippen molar-refractivity contribution in [3.05, 3.63) is 24.3 Å². The van der Waals surface area contributed by atoms with Gasteiger partial charge in [0, 0.05) is 30.1 Å². The molecular weight excluding hydrogens is 346 g/mol. The summed E-state index contributed by atoms with van der Waals surface area (Å²) in [6, 6.07) is 7.82. The van der Waals surface area contributed by atoms with Crippen LogP contribution in [0.1, 0.15) is 27.2 Å². The zero-order valence-corrected chi connectivity index (χ0v) is 16.0. The van der Waals surface area contributed by atoms with Crippen LogP contribution in [0.15, 0.2) is 29.2 Å². The van der Waals surface area contributed by atoms with Gasteiger partial charge in [0.1, 0.15) is 0 Å². The standard InChI is InChI=1S/C17H25N3O2S.ClH/c1-11-8-14(9-18)10-20(11)17(22)12(2)23-16-6-4-15(5-7-16)19-13(3)21;/h4-7,11-12,14H,8-10,18H2,1-3H3,(H,19,21);1H. The van der Waals surface area contributed by atoms with Crippen LogP contribution in [0.3, 0.4) is 0 Å². The Kier molecular flexibility index (Phi) is 8.06. The molecule has 134 valence electrons. The van der Waals surface area contributed by atoms with Crippen LogP contribution in [0, 0.1) is 5.92 Å². The maximum atomic E-state index is 12.6. The van der Waals surface area contributed by atoms with E-state index >= 15 is 0 Å². The number of benzene rings is 1. The highest BCUT2D eigenvalue weighted by molar-refractivity contribution is 8.00. The van der Waals surface area contributed by atoms with Gasteiger partial charge >= 0.3 is 0 Å². The summed E-state index contributed by atoms with van der Waals surface area (Å²) in [6.45, 7) is 6.92. The third kappa shape index (κ3) is 5.40. The van der Waals surface area contributed by atoms with Gasteiger partial charge in [-0.15, -0.1) is 24.2 Å². The summed E-state index contributed by atoms with van der Waals surface area (Å²) in [5, 5.41) is 2.60. The maximum Gasteiger partial charge on any atom is 0.236 e. The van der Waals surface area contributed by atoms with Gasteiger partial charge in [-0.3, -0.25) is 9.59 Å². The Morgan fingerprint density at radius 2 is 2.00 bits per heavy atom. The predicted octanol–water partition coefficient (Wildman–Crippen LogP) is 2.74. The molecular formula is C17H26ClN3O2S. The van der Waals surface area contributed by atoms with E-state index in [0.717, 1.165) is 23.5 Å². The van der Waals surface area contributed by atoms with Crippen molar-refractivity contribution >= 4 is 41.7 Å². The van der Waals surface area contributed by atoms with Gasteiger partial charge in [0.05, 0.1) is 5.25 Å². The van der Waals surface area contributed by atoms with Crippen LogP contribution in [0.5, 0.6) is 0 Å². The Balaban J connectivity index is 0.00000288. The minimum Gasteiger partial charge on any atom is -0.339 e. The van der Waals surface area contributed by atoms with Crippen molar-refractivity contribution in [2.45, 2.75) is 43.4 Å². The summed E-state index contributed by atoms with van der Waals surface area (Å²) in [6.07, 6.45) is 0.991. The first-order valence-electron chi connectivity index (χ1n) is 7.95. The quantitative estimate of drug-likeness (QED) is 0.780. The van der Waals surface area contributed by atoms with Crippen LogP contribution < -0.4 is 11.1 Å². The summed E-state index contributed by atoms with van der Waals surface area (Å²) in [7, 11) is 0. The first-order valence-corrected chi connectivity index (χ1v) is 8.83. The fourth-order valence-corrected chi connectivity index (χ4v) is 3.87. The van der Waals surface area contributed by atoms with Crippen LogP contribution in [0.2, 0.25) is 0 Å². The summed E-state index contributed by atoms with van der Waals surface area (Å²) in [4.78, 5) is 26.6. The molecule has 3 N–H and O–H groups in total. The largest absolute Gasteiger partial charge is 0.339 e. The molecule has 7 heteroatoms. The van der Waals surface area contributed by atoms with Crippen LogP contribution in [0.25, 0.3) is 0 Å². The number of thioether (sulfide) groups is 1. The Morgan fingerprint density at radius 1 is 1.38 bits per heavy atom. The van der Waals surface area contributed by atoms with Gasteiger partial charge in [-0.25, -0.2) is 0 Å². The Bertz CT molecular complexity index is 567. The fourth-order valence-electron chi connectivity index (χ4n) is 2.93. The number of carbonyl (C=O) groups is 2. The van der Waals surface area contributed by atoms with E-state index in [-0.39, 0.29) is 35.5 Å². The topological polar surface area (TPSA) is 75.4 Å². The van der Waals surface area contributed by atoms with E-state index in [4.69, 9.17) is 5.73 Å². The summed E-state index contributed by atoms with van der Waals surface area (Å²) >= 11 is 1.54. The van der Waals surface area contributed by atoms with E-state index in [1.165, 1.54) is 6.92 Å². The number of rotatable bonds is 5. The maximum absolute atomic E-state index is 12.6. The van der Waals surface area contributed by atoms with E-state index in [2.05, 4.69) is 12.2 Å². The van der Waals surface area contributed by atoms with Crippen LogP contribution >= 0.6 is 24.2 Å². The van der Waals surface area contributed by atoms with Crippen LogP contribution in [-0.2, 0) is 9.59 Å². The SMILES string of the molecule is CC(=O)Nc1ccc(SC(C)C(=O)N2CC(CN)CC2C)cc1.Cl. The Hall–Kier alpha value is -1.24. The summed E-state index contributed by atoms with van der Waals surface area (Å²) in [5.74, 6) is 0.499.